The second-order valence-corrected chi connectivity index (χ2v) is 7.19. The molecule has 2 aromatic rings. The van der Waals surface area contributed by atoms with Gasteiger partial charge in [0.15, 0.2) is 5.78 Å². The summed E-state index contributed by atoms with van der Waals surface area (Å²) >= 11 is 0. The first-order chi connectivity index (χ1) is 11.8. The van der Waals surface area contributed by atoms with Gasteiger partial charge in [-0.2, -0.15) is 8.42 Å². The normalized spacial score (nSPS) is 12.4. The molecule has 2 aromatic carbocycles. The minimum absolute atomic E-state index is 0.138. The van der Waals surface area contributed by atoms with Gasteiger partial charge in [0.2, 0.25) is 5.91 Å². The lowest BCUT2D eigenvalue weighted by atomic mass is 9.95. The summed E-state index contributed by atoms with van der Waals surface area (Å²) in [6.45, 7) is 1.49. The summed E-state index contributed by atoms with van der Waals surface area (Å²) in [6, 6.07) is 15.6. The largest absolute Gasteiger partial charge is 0.354 e. The van der Waals surface area contributed by atoms with Crippen LogP contribution < -0.4 is 5.32 Å². The summed E-state index contributed by atoms with van der Waals surface area (Å²) in [5, 5.41) is 2.45. The third-order valence-corrected chi connectivity index (χ3v) is 4.46. The molecule has 0 bridgehead atoms. The molecule has 0 aliphatic carbocycles. The van der Waals surface area contributed by atoms with Crippen molar-refractivity contribution in [2.75, 3.05) is 12.3 Å². The molecule has 25 heavy (non-hydrogen) atoms. The van der Waals surface area contributed by atoms with E-state index in [-0.39, 0.29) is 18.2 Å². The second kappa shape index (κ2) is 8.04. The summed E-state index contributed by atoms with van der Waals surface area (Å²) in [7, 11) is -4.12. The van der Waals surface area contributed by atoms with Crippen LogP contribution in [0.5, 0.6) is 0 Å². The van der Waals surface area contributed by atoms with E-state index in [4.69, 9.17) is 4.55 Å². The number of carbonyl (C=O) groups excluding carboxylic acids is 2. The Morgan fingerprint density at radius 3 is 2.32 bits per heavy atom. The molecule has 0 saturated carbocycles. The van der Waals surface area contributed by atoms with Crippen LogP contribution in [-0.4, -0.2) is 37.0 Å². The molecule has 0 heterocycles. The molecule has 1 amide bonds. The molecule has 1 atom stereocenters. The maximum absolute atomic E-state index is 12.5. The average Bonchev–Trinajstić information content (AvgIpc) is 2.60. The van der Waals surface area contributed by atoms with Crippen LogP contribution in [0.2, 0.25) is 0 Å². The first kappa shape index (κ1) is 18.8. The van der Waals surface area contributed by atoms with Crippen LogP contribution in [0, 0.1) is 0 Å². The molecule has 132 valence electrons. The van der Waals surface area contributed by atoms with Gasteiger partial charge in [0, 0.05) is 17.7 Å². The van der Waals surface area contributed by atoms with E-state index in [1.165, 1.54) is 0 Å². The molecule has 0 radical (unpaired) electrons. The lowest BCUT2D eigenvalue weighted by Crippen LogP contribution is -2.32. The Morgan fingerprint density at radius 2 is 1.68 bits per heavy atom. The number of hydrogen-bond donors (Lipinski definition) is 2. The van der Waals surface area contributed by atoms with Crippen molar-refractivity contribution in [2.45, 2.75) is 12.8 Å². The van der Waals surface area contributed by atoms with E-state index in [1.807, 2.05) is 6.07 Å². The van der Waals surface area contributed by atoms with E-state index >= 15 is 0 Å². The van der Waals surface area contributed by atoms with E-state index in [1.54, 1.807) is 55.5 Å². The topological polar surface area (TPSA) is 101 Å². The quantitative estimate of drug-likeness (QED) is 0.580. The highest BCUT2D eigenvalue weighted by Crippen LogP contribution is 2.19. The molecule has 0 fully saturated rings. The molecular formula is C18H19NO5S. The molecule has 7 heteroatoms. The SMILES string of the molecule is CC(C(=O)NCCS(=O)(=O)O)c1cccc(C(=O)c2ccccc2)c1. The summed E-state index contributed by atoms with van der Waals surface area (Å²) < 4.78 is 30.0. The van der Waals surface area contributed by atoms with Crippen molar-refractivity contribution in [3.63, 3.8) is 0 Å². The van der Waals surface area contributed by atoms with E-state index in [9.17, 15) is 18.0 Å². The monoisotopic (exact) mass is 361 g/mol. The Hall–Kier alpha value is -2.51. The van der Waals surface area contributed by atoms with Gasteiger partial charge in [-0.3, -0.25) is 14.1 Å². The van der Waals surface area contributed by atoms with E-state index in [2.05, 4.69) is 5.32 Å². The van der Waals surface area contributed by atoms with Crippen LogP contribution in [0.15, 0.2) is 54.6 Å². The highest BCUT2D eigenvalue weighted by atomic mass is 32.2. The smallest absolute Gasteiger partial charge is 0.266 e. The van der Waals surface area contributed by atoms with Crippen LogP contribution in [0.3, 0.4) is 0 Å². The second-order valence-electron chi connectivity index (χ2n) is 5.62. The Balaban J connectivity index is 2.09. The number of amides is 1. The van der Waals surface area contributed by atoms with Gasteiger partial charge in [-0.15, -0.1) is 0 Å². The zero-order valence-corrected chi connectivity index (χ0v) is 14.5. The number of nitrogens with one attached hydrogen (secondary N) is 1. The lowest BCUT2D eigenvalue weighted by molar-refractivity contribution is -0.122. The zero-order chi connectivity index (χ0) is 18.4. The molecular weight excluding hydrogens is 342 g/mol. The van der Waals surface area contributed by atoms with Crippen LogP contribution in [0.25, 0.3) is 0 Å². The number of benzene rings is 2. The van der Waals surface area contributed by atoms with Crippen LogP contribution in [0.4, 0.5) is 0 Å². The Labute approximate surface area is 146 Å². The number of carbonyl (C=O) groups is 2. The molecule has 2 N–H and O–H groups in total. The number of ketones is 1. The van der Waals surface area contributed by atoms with E-state index < -0.39 is 21.8 Å². The Kier molecular flexibility index (Phi) is 6.06. The van der Waals surface area contributed by atoms with E-state index in [0.29, 0.717) is 16.7 Å². The van der Waals surface area contributed by atoms with Gasteiger partial charge in [-0.05, 0) is 18.6 Å². The average molecular weight is 361 g/mol. The first-order valence-corrected chi connectivity index (χ1v) is 9.31. The van der Waals surface area contributed by atoms with Gasteiger partial charge in [0.1, 0.15) is 0 Å². The number of rotatable bonds is 7. The molecule has 0 aromatic heterocycles. The van der Waals surface area contributed by atoms with Crippen molar-refractivity contribution in [2.24, 2.45) is 0 Å². The highest BCUT2D eigenvalue weighted by Gasteiger charge is 2.17. The van der Waals surface area contributed by atoms with Gasteiger partial charge in [0.25, 0.3) is 10.1 Å². The Morgan fingerprint density at radius 1 is 1.04 bits per heavy atom. The number of hydrogen-bond acceptors (Lipinski definition) is 4. The summed E-state index contributed by atoms with van der Waals surface area (Å²) in [5.41, 5.74) is 1.68. The van der Waals surface area contributed by atoms with Gasteiger partial charge in [0.05, 0.1) is 11.7 Å². The third-order valence-electron chi connectivity index (χ3n) is 3.74. The molecule has 0 spiro atoms. The summed E-state index contributed by atoms with van der Waals surface area (Å²) in [4.78, 5) is 24.6. The predicted molar refractivity (Wildman–Crippen MR) is 94.2 cm³/mol. The van der Waals surface area contributed by atoms with Crippen LogP contribution in [-0.2, 0) is 14.9 Å². The van der Waals surface area contributed by atoms with Crippen LogP contribution in [0.1, 0.15) is 34.3 Å². The van der Waals surface area contributed by atoms with Gasteiger partial charge >= 0.3 is 0 Å². The van der Waals surface area contributed by atoms with Gasteiger partial charge in [-0.25, -0.2) is 0 Å². The molecule has 2 rings (SSSR count). The van der Waals surface area contributed by atoms with Crippen molar-refractivity contribution >= 4 is 21.8 Å². The fourth-order valence-electron chi connectivity index (χ4n) is 2.31. The molecule has 1 unspecified atom stereocenters. The van der Waals surface area contributed by atoms with E-state index in [0.717, 1.165) is 0 Å². The molecule has 0 aliphatic heterocycles. The Bertz CT molecular complexity index is 862. The van der Waals surface area contributed by atoms with Crippen molar-refractivity contribution in [1.29, 1.82) is 0 Å². The fourth-order valence-corrected chi connectivity index (χ4v) is 2.67. The molecule has 0 aliphatic rings. The third kappa shape index (κ3) is 5.51. The fraction of sp³-hybridized carbons (Fsp3) is 0.222. The summed E-state index contributed by atoms with van der Waals surface area (Å²) in [5.74, 6) is -1.63. The van der Waals surface area contributed by atoms with Crippen molar-refractivity contribution in [3.8, 4) is 0 Å². The standard InChI is InChI=1S/C18H19NO5S/c1-13(18(21)19-10-11-25(22,23)24)15-8-5-9-16(12-15)17(20)14-6-3-2-4-7-14/h2-9,12-13H,10-11H2,1H3,(H,19,21)(H,22,23,24). The minimum atomic E-state index is -4.12. The van der Waals surface area contributed by atoms with Gasteiger partial charge < -0.3 is 5.32 Å². The minimum Gasteiger partial charge on any atom is -0.354 e. The molecule has 6 nitrogen and oxygen atoms in total. The van der Waals surface area contributed by atoms with Crippen LogP contribution >= 0.6 is 0 Å². The predicted octanol–water partition coefficient (Wildman–Crippen LogP) is 2.03. The maximum atomic E-state index is 12.5. The molecule has 0 saturated heterocycles. The van der Waals surface area contributed by atoms with Crippen molar-refractivity contribution < 1.29 is 22.6 Å². The first-order valence-electron chi connectivity index (χ1n) is 7.70. The van der Waals surface area contributed by atoms with Crippen molar-refractivity contribution in [1.82, 2.24) is 5.32 Å². The maximum Gasteiger partial charge on any atom is 0.266 e. The highest BCUT2D eigenvalue weighted by molar-refractivity contribution is 7.85. The van der Waals surface area contributed by atoms with Crippen molar-refractivity contribution in [3.05, 3.63) is 71.3 Å². The summed E-state index contributed by atoms with van der Waals surface area (Å²) in [6.07, 6.45) is 0. The van der Waals surface area contributed by atoms with Gasteiger partial charge in [-0.1, -0.05) is 48.5 Å². The lowest BCUT2D eigenvalue weighted by Gasteiger charge is -2.13. The zero-order valence-electron chi connectivity index (χ0n) is 13.7.